The highest BCUT2D eigenvalue weighted by atomic mass is 79.9. The lowest BCUT2D eigenvalue weighted by molar-refractivity contribution is 0.410. The molecule has 2 aromatic rings. The molecule has 0 atom stereocenters. The van der Waals surface area contributed by atoms with Gasteiger partial charge >= 0.3 is 0 Å². The van der Waals surface area contributed by atoms with E-state index in [4.69, 9.17) is 4.74 Å². The Morgan fingerprint density at radius 3 is 2.56 bits per heavy atom. The second-order valence-electron chi connectivity index (χ2n) is 3.82. The van der Waals surface area contributed by atoms with Crippen LogP contribution in [0.3, 0.4) is 0 Å². The molecule has 0 aliphatic carbocycles. The van der Waals surface area contributed by atoms with E-state index in [2.05, 4.69) is 43.2 Å². The van der Waals surface area contributed by atoms with Crippen LogP contribution in [0.5, 0.6) is 5.75 Å². The highest BCUT2D eigenvalue weighted by Crippen LogP contribution is 2.24. The normalized spacial score (nSPS) is 10.2. The van der Waals surface area contributed by atoms with Gasteiger partial charge in [0.2, 0.25) is 0 Å². The first-order valence-corrected chi connectivity index (χ1v) is 7.09. The number of benzene rings is 2. The van der Waals surface area contributed by atoms with Crippen molar-refractivity contribution in [2.75, 3.05) is 12.4 Å². The summed E-state index contributed by atoms with van der Waals surface area (Å²) in [6.07, 6.45) is 0. The van der Waals surface area contributed by atoms with E-state index in [1.54, 1.807) is 7.11 Å². The number of ether oxygens (including phenoxy) is 1. The van der Waals surface area contributed by atoms with Crippen LogP contribution in [0.2, 0.25) is 0 Å². The van der Waals surface area contributed by atoms with Gasteiger partial charge in [-0.15, -0.1) is 0 Å². The molecule has 0 saturated carbocycles. The quantitative estimate of drug-likeness (QED) is 0.831. The predicted octanol–water partition coefficient (Wildman–Crippen LogP) is 4.83. The van der Waals surface area contributed by atoms with Crippen LogP contribution in [-0.2, 0) is 6.54 Å². The number of nitrogens with one attached hydrogen (secondary N) is 1. The minimum atomic E-state index is 0.721. The third-order valence-electron chi connectivity index (χ3n) is 2.55. The molecule has 0 saturated heterocycles. The van der Waals surface area contributed by atoms with E-state index in [1.165, 1.54) is 0 Å². The fourth-order valence-corrected chi connectivity index (χ4v) is 2.49. The van der Waals surface area contributed by atoms with Crippen molar-refractivity contribution in [1.29, 1.82) is 0 Å². The number of anilines is 1. The van der Waals surface area contributed by atoms with Gasteiger partial charge in [-0.3, -0.25) is 0 Å². The number of rotatable bonds is 4. The Bertz CT molecular complexity index is 543. The summed E-state index contributed by atoms with van der Waals surface area (Å²) in [6.45, 7) is 0.721. The second-order valence-corrected chi connectivity index (χ2v) is 5.65. The van der Waals surface area contributed by atoms with Crippen molar-refractivity contribution in [2.45, 2.75) is 6.54 Å². The van der Waals surface area contributed by atoms with Crippen LogP contribution in [0.15, 0.2) is 51.4 Å². The van der Waals surface area contributed by atoms with Gasteiger partial charge in [-0.1, -0.05) is 37.9 Å². The van der Waals surface area contributed by atoms with Crippen molar-refractivity contribution < 1.29 is 4.74 Å². The minimum absolute atomic E-state index is 0.721. The van der Waals surface area contributed by atoms with Gasteiger partial charge in [-0.05, 0) is 36.4 Å². The molecular formula is C14H13Br2NO. The Balaban J connectivity index is 2.12. The molecule has 18 heavy (non-hydrogen) atoms. The van der Waals surface area contributed by atoms with E-state index in [9.17, 15) is 0 Å². The first kappa shape index (κ1) is 13.4. The maximum Gasteiger partial charge on any atom is 0.123 e. The Morgan fingerprint density at radius 1 is 1.06 bits per heavy atom. The van der Waals surface area contributed by atoms with E-state index in [-0.39, 0.29) is 0 Å². The standard InChI is InChI=1S/C14H13Br2NO/c1-18-14-6-5-12(16)7-10(14)9-17-13-4-2-3-11(15)8-13/h2-8,17H,9H2,1H3. The predicted molar refractivity (Wildman–Crippen MR) is 82.2 cm³/mol. The van der Waals surface area contributed by atoms with Crippen molar-refractivity contribution in [3.63, 3.8) is 0 Å². The van der Waals surface area contributed by atoms with Crippen molar-refractivity contribution in [3.8, 4) is 5.75 Å². The Morgan fingerprint density at radius 2 is 1.83 bits per heavy atom. The molecule has 0 bridgehead atoms. The molecule has 2 aromatic carbocycles. The Hall–Kier alpha value is -1.00. The molecular weight excluding hydrogens is 358 g/mol. The molecule has 0 fully saturated rings. The molecule has 94 valence electrons. The number of methoxy groups -OCH3 is 1. The average Bonchev–Trinajstić information content (AvgIpc) is 2.37. The largest absolute Gasteiger partial charge is 0.496 e. The zero-order chi connectivity index (χ0) is 13.0. The summed E-state index contributed by atoms with van der Waals surface area (Å²) in [5.74, 6) is 0.890. The van der Waals surface area contributed by atoms with Crippen LogP contribution < -0.4 is 10.1 Å². The molecule has 0 unspecified atom stereocenters. The topological polar surface area (TPSA) is 21.3 Å². The fourth-order valence-electron chi connectivity index (χ4n) is 1.68. The van der Waals surface area contributed by atoms with Gasteiger partial charge in [-0.25, -0.2) is 0 Å². The van der Waals surface area contributed by atoms with Gasteiger partial charge < -0.3 is 10.1 Å². The molecule has 4 heteroatoms. The van der Waals surface area contributed by atoms with Crippen molar-refractivity contribution in [3.05, 3.63) is 57.0 Å². The Kier molecular flexibility index (Phi) is 4.66. The summed E-state index contributed by atoms with van der Waals surface area (Å²) in [5.41, 5.74) is 2.19. The van der Waals surface area contributed by atoms with Crippen molar-refractivity contribution in [1.82, 2.24) is 0 Å². The zero-order valence-electron chi connectivity index (χ0n) is 9.91. The molecule has 0 aromatic heterocycles. The van der Waals surface area contributed by atoms with Crippen LogP contribution in [0.25, 0.3) is 0 Å². The molecule has 0 radical (unpaired) electrons. The minimum Gasteiger partial charge on any atom is -0.496 e. The summed E-state index contributed by atoms with van der Waals surface area (Å²) in [6, 6.07) is 14.1. The van der Waals surface area contributed by atoms with Crippen LogP contribution in [0.1, 0.15) is 5.56 Å². The smallest absolute Gasteiger partial charge is 0.123 e. The molecule has 2 nitrogen and oxygen atoms in total. The van der Waals surface area contributed by atoms with Crippen LogP contribution >= 0.6 is 31.9 Å². The molecule has 0 heterocycles. The van der Waals surface area contributed by atoms with Gasteiger partial charge in [-0.2, -0.15) is 0 Å². The molecule has 0 spiro atoms. The SMILES string of the molecule is COc1ccc(Br)cc1CNc1cccc(Br)c1. The van der Waals surface area contributed by atoms with Gasteiger partial charge in [0.1, 0.15) is 5.75 Å². The maximum absolute atomic E-state index is 5.34. The van der Waals surface area contributed by atoms with E-state index >= 15 is 0 Å². The molecule has 1 N–H and O–H groups in total. The number of halogens is 2. The lowest BCUT2D eigenvalue weighted by Crippen LogP contribution is -2.01. The zero-order valence-corrected chi connectivity index (χ0v) is 13.1. The molecule has 0 aliphatic rings. The summed E-state index contributed by atoms with van der Waals surface area (Å²) in [5, 5.41) is 3.37. The monoisotopic (exact) mass is 369 g/mol. The third-order valence-corrected chi connectivity index (χ3v) is 3.54. The first-order chi connectivity index (χ1) is 8.69. The summed E-state index contributed by atoms with van der Waals surface area (Å²) in [4.78, 5) is 0. The van der Waals surface area contributed by atoms with Crippen LogP contribution in [0, 0.1) is 0 Å². The summed E-state index contributed by atoms with van der Waals surface area (Å²) in [7, 11) is 1.69. The van der Waals surface area contributed by atoms with Gasteiger partial charge in [0.15, 0.2) is 0 Å². The molecule has 2 rings (SSSR count). The highest BCUT2D eigenvalue weighted by molar-refractivity contribution is 9.10. The number of hydrogen-bond donors (Lipinski definition) is 1. The fraction of sp³-hybridized carbons (Fsp3) is 0.143. The maximum atomic E-state index is 5.34. The van der Waals surface area contributed by atoms with E-state index in [0.29, 0.717) is 0 Å². The van der Waals surface area contributed by atoms with Gasteiger partial charge in [0.25, 0.3) is 0 Å². The lowest BCUT2D eigenvalue weighted by Gasteiger charge is -2.11. The number of hydrogen-bond acceptors (Lipinski definition) is 2. The van der Waals surface area contributed by atoms with Crippen LogP contribution in [-0.4, -0.2) is 7.11 Å². The van der Waals surface area contributed by atoms with Crippen molar-refractivity contribution >= 4 is 37.5 Å². The highest BCUT2D eigenvalue weighted by Gasteiger charge is 2.03. The van der Waals surface area contributed by atoms with E-state index in [0.717, 1.165) is 32.5 Å². The summed E-state index contributed by atoms with van der Waals surface area (Å²) >= 11 is 6.93. The van der Waals surface area contributed by atoms with E-state index < -0.39 is 0 Å². The first-order valence-electron chi connectivity index (χ1n) is 5.51. The van der Waals surface area contributed by atoms with Gasteiger partial charge in [0, 0.05) is 26.7 Å². The lowest BCUT2D eigenvalue weighted by atomic mass is 10.2. The van der Waals surface area contributed by atoms with Crippen LogP contribution in [0.4, 0.5) is 5.69 Å². The molecule has 0 aliphatic heterocycles. The van der Waals surface area contributed by atoms with Crippen molar-refractivity contribution in [2.24, 2.45) is 0 Å². The van der Waals surface area contributed by atoms with E-state index in [1.807, 2.05) is 36.4 Å². The van der Waals surface area contributed by atoms with Gasteiger partial charge in [0.05, 0.1) is 7.11 Å². The Labute approximate surface area is 124 Å². The summed E-state index contributed by atoms with van der Waals surface area (Å²) < 4.78 is 7.46. The second kappa shape index (κ2) is 6.25. The third kappa shape index (κ3) is 3.50. The molecule has 0 amide bonds. The average molecular weight is 371 g/mol.